The normalized spacial score (nSPS) is 12.7. The predicted molar refractivity (Wildman–Crippen MR) is 129 cm³/mol. The first-order chi connectivity index (χ1) is 15.2. The number of hydrogen-bond acceptors (Lipinski definition) is 6. The van der Waals surface area contributed by atoms with Gasteiger partial charge in [0.2, 0.25) is 5.91 Å². The van der Waals surface area contributed by atoms with Gasteiger partial charge in [0.15, 0.2) is 5.78 Å². The van der Waals surface area contributed by atoms with Gasteiger partial charge < -0.3 is 14.8 Å². The summed E-state index contributed by atoms with van der Waals surface area (Å²) >= 11 is 1.42. The minimum absolute atomic E-state index is 0.0572. The maximum atomic E-state index is 12.5. The van der Waals surface area contributed by atoms with E-state index in [0.717, 1.165) is 30.6 Å². The van der Waals surface area contributed by atoms with Crippen LogP contribution < -0.4 is 5.32 Å². The Labute approximate surface area is 196 Å². The molecule has 7 heteroatoms. The summed E-state index contributed by atoms with van der Waals surface area (Å²) in [5.74, 6) is -0.238. The first-order valence-corrected chi connectivity index (χ1v) is 12.4. The highest BCUT2D eigenvalue weighted by atomic mass is 32.2. The Morgan fingerprint density at radius 3 is 2.44 bits per heavy atom. The molecule has 0 radical (unpaired) electrons. The molecule has 1 aromatic rings. The number of ketones is 2. The molecule has 1 aromatic carbocycles. The number of nitrogens with one attached hydrogen (secondary N) is 1. The van der Waals surface area contributed by atoms with E-state index in [-0.39, 0.29) is 36.3 Å². The van der Waals surface area contributed by atoms with Crippen molar-refractivity contribution < 1.29 is 23.9 Å². The molecule has 0 aliphatic rings. The summed E-state index contributed by atoms with van der Waals surface area (Å²) in [5.41, 5.74) is 1.00. The van der Waals surface area contributed by atoms with Crippen molar-refractivity contribution in [2.75, 3.05) is 17.7 Å². The molecule has 2 atom stereocenters. The summed E-state index contributed by atoms with van der Waals surface area (Å²) in [6.45, 7) is 9.34. The second kappa shape index (κ2) is 14.8. The molecule has 0 fully saturated rings. The van der Waals surface area contributed by atoms with Crippen molar-refractivity contribution in [3.63, 3.8) is 0 Å². The summed E-state index contributed by atoms with van der Waals surface area (Å²) in [6.07, 6.45) is 4.76. The Hall–Kier alpha value is -2.15. The predicted octanol–water partition coefficient (Wildman–Crippen LogP) is 5.68. The minimum atomic E-state index is -0.472. The van der Waals surface area contributed by atoms with Gasteiger partial charge in [0, 0.05) is 28.6 Å². The average molecular weight is 464 g/mol. The van der Waals surface area contributed by atoms with Crippen molar-refractivity contribution >= 4 is 40.9 Å². The number of thioether (sulfide) groups is 1. The first kappa shape index (κ1) is 27.9. The summed E-state index contributed by atoms with van der Waals surface area (Å²) < 4.78 is 5.45. The summed E-state index contributed by atoms with van der Waals surface area (Å²) in [6, 6.07) is 5.12. The number of hydrogen-bond donors (Lipinski definition) is 1. The molecule has 0 bridgehead atoms. The Kier molecular flexibility index (Phi) is 12.9. The van der Waals surface area contributed by atoms with E-state index in [1.807, 2.05) is 0 Å². The SMILES string of the molecule is CCCCC(CC)COC(=O)CCSc1ccc(C(C)=O)cc1NC(=O)C(C)CC(C)=O. The van der Waals surface area contributed by atoms with E-state index >= 15 is 0 Å². The van der Waals surface area contributed by atoms with E-state index in [1.165, 1.54) is 25.6 Å². The number of benzene rings is 1. The molecule has 1 amide bonds. The summed E-state index contributed by atoms with van der Waals surface area (Å²) in [7, 11) is 0. The van der Waals surface area contributed by atoms with Crippen molar-refractivity contribution in [1.29, 1.82) is 0 Å². The van der Waals surface area contributed by atoms with E-state index in [2.05, 4.69) is 19.2 Å². The zero-order chi connectivity index (χ0) is 24.1. The number of carbonyl (C=O) groups is 4. The van der Waals surface area contributed by atoms with Crippen LogP contribution in [0.2, 0.25) is 0 Å². The van der Waals surface area contributed by atoms with Crippen LogP contribution in [0.15, 0.2) is 23.1 Å². The highest BCUT2D eigenvalue weighted by Crippen LogP contribution is 2.30. The van der Waals surface area contributed by atoms with Crippen LogP contribution in [-0.2, 0) is 19.1 Å². The van der Waals surface area contributed by atoms with Crippen LogP contribution in [0.25, 0.3) is 0 Å². The van der Waals surface area contributed by atoms with Gasteiger partial charge in [0.1, 0.15) is 5.78 Å². The monoisotopic (exact) mass is 463 g/mol. The Balaban J connectivity index is 2.71. The average Bonchev–Trinajstić information content (AvgIpc) is 2.74. The molecule has 2 unspecified atom stereocenters. The summed E-state index contributed by atoms with van der Waals surface area (Å²) in [5, 5.41) is 2.84. The number of esters is 1. The lowest BCUT2D eigenvalue weighted by molar-refractivity contribution is -0.144. The maximum Gasteiger partial charge on any atom is 0.306 e. The fraction of sp³-hybridized carbons (Fsp3) is 0.600. The molecule has 1 rings (SSSR count). The number of rotatable bonds is 15. The van der Waals surface area contributed by atoms with E-state index in [0.29, 0.717) is 29.5 Å². The van der Waals surface area contributed by atoms with E-state index in [9.17, 15) is 19.2 Å². The van der Waals surface area contributed by atoms with Crippen LogP contribution in [0.5, 0.6) is 0 Å². The molecule has 0 saturated heterocycles. The number of ether oxygens (including phenoxy) is 1. The second-order valence-corrected chi connectivity index (χ2v) is 9.40. The zero-order valence-corrected chi connectivity index (χ0v) is 20.8. The number of carbonyl (C=O) groups excluding carboxylic acids is 4. The van der Waals surface area contributed by atoms with Gasteiger partial charge in [-0.05, 0) is 38.3 Å². The molecule has 0 spiro atoms. The molecule has 32 heavy (non-hydrogen) atoms. The van der Waals surface area contributed by atoms with E-state index < -0.39 is 5.92 Å². The van der Waals surface area contributed by atoms with Crippen LogP contribution >= 0.6 is 11.8 Å². The van der Waals surface area contributed by atoms with Gasteiger partial charge in [-0.25, -0.2) is 0 Å². The molecular weight excluding hydrogens is 426 g/mol. The zero-order valence-electron chi connectivity index (χ0n) is 20.0. The molecule has 0 aliphatic carbocycles. The van der Waals surface area contributed by atoms with Gasteiger partial charge in [-0.2, -0.15) is 0 Å². The topological polar surface area (TPSA) is 89.5 Å². The van der Waals surface area contributed by atoms with Crippen molar-refractivity contribution in [3.8, 4) is 0 Å². The Morgan fingerprint density at radius 1 is 1.12 bits per heavy atom. The summed E-state index contributed by atoms with van der Waals surface area (Å²) in [4.78, 5) is 48.5. The van der Waals surface area contributed by atoms with Gasteiger partial charge >= 0.3 is 5.97 Å². The third kappa shape index (κ3) is 10.4. The van der Waals surface area contributed by atoms with Crippen LogP contribution in [0.1, 0.15) is 83.5 Å². The lowest BCUT2D eigenvalue weighted by atomic mass is 10.0. The number of amides is 1. The molecular formula is C25H37NO5S. The number of unbranched alkanes of at least 4 members (excludes halogenated alkanes) is 1. The maximum absolute atomic E-state index is 12.5. The van der Waals surface area contributed by atoms with Crippen molar-refractivity contribution in [1.82, 2.24) is 0 Å². The lowest BCUT2D eigenvalue weighted by Gasteiger charge is -2.16. The highest BCUT2D eigenvalue weighted by Gasteiger charge is 2.18. The van der Waals surface area contributed by atoms with E-state index in [4.69, 9.17) is 4.74 Å². The first-order valence-electron chi connectivity index (χ1n) is 11.4. The molecule has 6 nitrogen and oxygen atoms in total. The third-order valence-electron chi connectivity index (χ3n) is 5.27. The van der Waals surface area contributed by atoms with Gasteiger partial charge in [0.05, 0.1) is 18.7 Å². The van der Waals surface area contributed by atoms with Crippen LogP contribution in [0.4, 0.5) is 5.69 Å². The van der Waals surface area contributed by atoms with Crippen molar-refractivity contribution in [2.45, 2.75) is 78.0 Å². The number of Topliss-reactive ketones (excluding diaryl/α,β-unsaturated/α-hetero) is 2. The largest absolute Gasteiger partial charge is 0.465 e. The molecule has 0 heterocycles. The quantitative estimate of drug-likeness (QED) is 0.204. The van der Waals surface area contributed by atoms with Crippen molar-refractivity contribution in [3.05, 3.63) is 23.8 Å². The molecule has 0 aromatic heterocycles. The second-order valence-electron chi connectivity index (χ2n) is 8.26. The Morgan fingerprint density at radius 2 is 1.84 bits per heavy atom. The fourth-order valence-corrected chi connectivity index (χ4v) is 4.10. The standard InChI is InChI=1S/C25H37NO5S/c1-6-8-9-20(7-2)16-31-24(29)12-13-32-23-11-10-21(19(5)28)15-22(23)26-25(30)17(3)14-18(4)27/h10-11,15,17,20H,6-9,12-14,16H2,1-5H3,(H,26,30). The lowest BCUT2D eigenvalue weighted by Crippen LogP contribution is -2.22. The van der Waals surface area contributed by atoms with Gasteiger partial charge in [-0.1, -0.05) is 46.1 Å². The smallest absolute Gasteiger partial charge is 0.306 e. The molecule has 1 N–H and O–H groups in total. The number of anilines is 1. The fourth-order valence-electron chi connectivity index (χ4n) is 3.18. The minimum Gasteiger partial charge on any atom is -0.465 e. The van der Waals surface area contributed by atoms with E-state index in [1.54, 1.807) is 25.1 Å². The van der Waals surface area contributed by atoms with Crippen LogP contribution in [0.3, 0.4) is 0 Å². The van der Waals surface area contributed by atoms with Gasteiger partial charge in [0.25, 0.3) is 0 Å². The highest BCUT2D eigenvalue weighted by molar-refractivity contribution is 7.99. The Bertz CT molecular complexity index is 793. The molecule has 0 aliphatic heterocycles. The molecule has 0 saturated carbocycles. The van der Waals surface area contributed by atoms with Gasteiger partial charge in [-0.3, -0.25) is 14.4 Å². The van der Waals surface area contributed by atoms with Crippen molar-refractivity contribution in [2.24, 2.45) is 11.8 Å². The van der Waals surface area contributed by atoms with Crippen LogP contribution in [-0.4, -0.2) is 35.8 Å². The van der Waals surface area contributed by atoms with Gasteiger partial charge in [-0.15, -0.1) is 11.8 Å². The molecule has 178 valence electrons. The third-order valence-corrected chi connectivity index (χ3v) is 6.35. The van der Waals surface area contributed by atoms with Crippen LogP contribution in [0, 0.1) is 11.8 Å².